The van der Waals surface area contributed by atoms with Gasteiger partial charge in [0, 0.05) is 59.5 Å². The number of benzene rings is 1. The second-order valence-electron chi connectivity index (χ2n) is 6.74. The van der Waals surface area contributed by atoms with Crippen molar-refractivity contribution in [2.24, 2.45) is 7.05 Å². The SMILES string of the molecule is Cn1cc(-c2cnc3[nH]cc(-c4csc(Cc5cccc(F)c5F)n4)c3c2)cn1. The first-order valence-electron chi connectivity index (χ1n) is 8.92. The van der Waals surface area contributed by atoms with Crippen molar-refractivity contribution in [2.75, 3.05) is 0 Å². The number of pyridine rings is 1. The summed E-state index contributed by atoms with van der Waals surface area (Å²) in [4.78, 5) is 12.3. The number of aromatic amines is 1. The van der Waals surface area contributed by atoms with Crippen molar-refractivity contribution in [3.05, 3.63) is 76.6 Å². The summed E-state index contributed by atoms with van der Waals surface area (Å²) in [5.41, 5.74) is 4.70. The predicted octanol–water partition coefficient (Wildman–Crippen LogP) is 4.96. The van der Waals surface area contributed by atoms with Crippen LogP contribution in [0.5, 0.6) is 0 Å². The quantitative estimate of drug-likeness (QED) is 0.458. The van der Waals surface area contributed by atoms with Crippen LogP contribution >= 0.6 is 11.3 Å². The Morgan fingerprint density at radius 2 is 2.07 bits per heavy atom. The summed E-state index contributed by atoms with van der Waals surface area (Å²) in [6, 6.07) is 6.25. The van der Waals surface area contributed by atoms with Crippen LogP contribution in [0.2, 0.25) is 0 Å². The van der Waals surface area contributed by atoms with Crippen molar-refractivity contribution in [1.82, 2.24) is 24.7 Å². The fourth-order valence-corrected chi connectivity index (χ4v) is 4.12. The molecule has 0 atom stereocenters. The van der Waals surface area contributed by atoms with E-state index in [0.717, 1.165) is 44.5 Å². The number of thiazole rings is 1. The standard InChI is InChI=1S/C21H15F2N5S/c1-28-10-14(8-26-28)13-5-15-16(9-25-21(15)24-7-13)18-11-29-19(27-18)6-12-3-2-4-17(22)20(12)23/h2-5,7-11H,6H2,1H3,(H,24,25). The Balaban J connectivity index is 1.50. The second-order valence-corrected chi connectivity index (χ2v) is 7.68. The molecule has 0 aliphatic rings. The Morgan fingerprint density at radius 1 is 1.17 bits per heavy atom. The molecule has 5 nitrogen and oxygen atoms in total. The molecule has 1 aromatic carbocycles. The van der Waals surface area contributed by atoms with Crippen molar-refractivity contribution in [1.29, 1.82) is 0 Å². The number of hydrogen-bond donors (Lipinski definition) is 1. The first kappa shape index (κ1) is 17.7. The molecule has 4 aromatic heterocycles. The van der Waals surface area contributed by atoms with Crippen molar-refractivity contribution in [3.8, 4) is 22.4 Å². The van der Waals surface area contributed by atoms with Gasteiger partial charge < -0.3 is 4.98 Å². The van der Waals surface area contributed by atoms with E-state index in [0.29, 0.717) is 5.56 Å². The summed E-state index contributed by atoms with van der Waals surface area (Å²) in [7, 11) is 1.87. The lowest BCUT2D eigenvalue weighted by Gasteiger charge is -2.01. The van der Waals surface area contributed by atoms with Crippen molar-refractivity contribution in [2.45, 2.75) is 6.42 Å². The van der Waals surface area contributed by atoms with E-state index in [2.05, 4.69) is 26.1 Å². The number of hydrogen-bond acceptors (Lipinski definition) is 4. The third kappa shape index (κ3) is 3.21. The number of halogens is 2. The van der Waals surface area contributed by atoms with Crippen LogP contribution in [0.3, 0.4) is 0 Å². The van der Waals surface area contributed by atoms with Gasteiger partial charge in [0.1, 0.15) is 5.65 Å². The zero-order valence-electron chi connectivity index (χ0n) is 15.4. The van der Waals surface area contributed by atoms with E-state index in [-0.39, 0.29) is 6.42 Å². The lowest BCUT2D eigenvalue weighted by atomic mass is 10.1. The predicted molar refractivity (Wildman–Crippen MR) is 109 cm³/mol. The molecule has 0 unspecified atom stereocenters. The molecule has 0 saturated carbocycles. The molecule has 0 spiro atoms. The summed E-state index contributed by atoms with van der Waals surface area (Å²) >= 11 is 1.42. The summed E-state index contributed by atoms with van der Waals surface area (Å²) in [5.74, 6) is -1.66. The van der Waals surface area contributed by atoms with E-state index in [1.54, 1.807) is 23.1 Å². The van der Waals surface area contributed by atoms with Gasteiger partial charge in [0.15, 0.2) is 11.6 Å². The van der Waals surface area contributed by atoms with Gasteiger partial charge in [0.2, 0.25) is 0 Å². The monoisotopic (exact) mass is 407 g/mol. The normalized spacial score (nSPS) is 11.4. The van der Waals surface area contributed by atoms with Crippen LogP contribution in [0.25, 0.3) is 33.4 Å². The molecule has 0 saturated heterocycles. The summed E-state index contributed by atoms with van der Waals surface area (Å²) in [6.07, 6.45) is 7.65. The van der Waals surface area contributed by atoms with Crippen LogP contribution < -0.4 is 0 Å². The van der Waals surface area contributed by atoms with Crippen molar-refractivity contribution in [3.63, 3.8) is 0 Å². The number of nitrogens with one attached hydrogen (secondary N) is 1. The number of rotatable bonds is 4. The third-order valence-electron chi connectivity index (χ3n) is 4.77. The fourth-order valence-electron chi connectivity index (χ4n) is 3.31. The first-order valence-corrected chi connectivity index (χ1v) is 9.80. The van der Waals surface area contributed by atoms with Gasteiger partial charge in [-0.2, -0.15) is 5.10 Å². The van der Waals surface area contributed by atoms with Crippen LogP contribution in [-0.2, 0) is 13.5 Å². The number of H-pyrrole nitrogens is 1. The molecule has 5 rings (SSSR count). The van der Waals surface area contributed by atoms with Crippen molar-refractivity contribution < 1.29 is 8.78 Å². The Bertz CT molecular complexity index is 1330. The molecular weight excluding hydrogens is 392 g/mol. The van der Waals surface area contributed by atoms with Gasteiger partial charge >= 0.3 is 0 Å². The summed E-state index contributed by atoms with van der Waals surface area (Å²) < 4.78 is 29.2. The minimum absolute atomic E-state index is 0.246. The van der Waals surface area contributed by atoms with E-state index in [1.807, 2.05) is 24.8 Å². The van der Waals surface area contributed by atoms with Crippen LogP contribution in [0.15, 0.2) is 54.4 Å². The van der Waals surface area contributed by atoms with Gasteiger partial charge in [-0.1, -0.05) is 12.1 Å². The largest absolute Gasteiger partial charge is 0.345 e. The smallest absolute Gasteiger partial charge is 0.162 e. The average Bonchev–Trinajstić information content (AvgIpc) is 3.44. The number of aromatic nitrogens is 5. The molecule has 0 aliphatic carbocycles. The van der Waals surface area contributed by atoms with Gasteiger partial charge in [0.05, 0.1) is 16.9 Å². The molecule has 4 heterocycles. The van der Waals surface area contributed by atoms with Crippen LogP contribution in [0.4, 0.5) is 8.78 Å². The number of fused-ring (bicyclic) bond motifs is 1. The van der Waals surface area contributed by atoms with E-state index in [9.17, 15) is 8.78 Å². The highest BCUT2D eigenvalue weighted by Gasteiger charge is 2.14. The highest BCUT2D eigenvalue weighted by molar-refractivity contribution is 7.10. The molecule has 0 aliphatic heterocycles. The lowest BCUT2D eigenvalue weighted by Crippen LogP contribution is -1.95. The van der Waals surface area contributed by atoms with Crippen molar-refractivity contribution >= 4 is 22.4 Å². The summed E-state index contributed by atoms with van der Waals surface area (Å²) in [6.45, 7) is 0. The zero-order valence-corrected chi connectivity index (χ0v) is 16.2. The maximum Gasteiger partial charge on any atom is 0.162 e. The molecule has 5 aromatic rings. The fraction of sp³-hybridized carbons (Fsp3) is 0.0952. The van der Waals surface area contributed by atoms with Gasteiger partial charge in [-0.25, -0.2) is 18.7 Å². The Labute approximate surface area is 168 Å². The minimum atomic E-state index is -0.843. The topological polar surface area (TPSA) is 59.4 Å². The molecule has 29 heavy (non-hydrogen) atoms. The highest BCUT2D eigenvalue weighted by atomic mass is 32.1. The van der Waals surface area contributed by atoms with Crippen LogP contribution in [0.1, 0.15) is 10.6 Å². The second kappa shape index (κ2) is 6.89. The molecular formula is C21H15F2N5S. The van der Waals surface area contributed by atoms with Gasteiger partial charge in [0.25, 0.3) is 0 Å². The maximum absolute atomic E-state index is 14.0. The molecule has 144 valence electrons. The molecule has 0 amide bonds. The molecule has 8 heteroatoms. The van der Waals surface area contributed by atoms with E-state index >= 15 is 0 Å². The zero-order chi connectivity index (χ0) is 20.0. The lowest BCUT2D eigenvalue weighted by molar-refractivity contribution is 0.500. The molecule has 1 N–H and O–H groups in total. The van der Waals surface area contributed by atoms with Gasteiger partial charge in [-0.05, 0) is 17.7 Å². The third-order valence-corrected chi connectivity index (χ3v) is 5.62. The van der Waals surface area contributed by atoms with E-state index in [1.165, 1.54) is 17.4 Å². The van der Waals surface area contributed by atoms with Crippen LogP contribution in [0, 0.1) is 11.6 Å². The Hall–Kier alpha value is -3.39. The summed E-state index contributed by atoms with van der Waals surface area (Å²) in [5, 5.41) is 7.80. The first-order chi connectivity index (χ1) is 14.1. The number of nitrogens with zero attached hydrogens (tertiary/aromatic N) is 4. The minimum Gasteiger partial charge on any atom is -0.345 e. The average molecular weight is 407 g/mol. The Morgan fingerprint density at radius 3 is 2.90 bits per heavy atom. The van der Waals surface area contributed by atoms with Gasteiger partial charge in [-0.3, -0.25) is 4.68 Å². The van der Waals surface area contributed by atoms with E-state index in [4.69, 9.17) is 0 Å². The molecule has 0 fully saturated rings. The highest BCUT2D eigenvalue weighted by Crippen LogP contribution is 2.32. The van der Waals surface area contributed by atoms with Gasteiger partial charge in [-0.15, -0.1) is 11.3 Å². The molecule has 0 bridgehead atoms. The molecule has 0 radical (unpaired) electrons. The van der Waals surface area contributed by atoms with E-state index < -0.39 is 11.6 Å². The van der Waals surface area contributed by atoms with Crippen LogP contribution in [-0.4, -0.2) is 24.7 Å². The number of aryl methyl sites for hydroxylation is 1. The Kier molecular flexibility index (Phi) is 4.21. The maximum atomic E-state index is 14.0.